The number of phenols is 1. The predicted molar refractivity (Wildman–Crippen MR) is 78.4 cm³/mol. The van der Waals surface area contributed by atoms with Crippen LogP contribution in [-0.2, 0) is 0 Å². The van der Waals surface area contributed by atoms with Crippen LogP contribution in [0.15, 0.2) is 30.3 Å². The van der Waals surface area contributed by atoms with Gasteiger partial charge in [0, 0.05) is 0 Å². The maximum atomic E-state index is 8.63. The molecule has 0 heterocycles. The summed E-state index contributed by atoms with van der Waals surface area (Å²) in [6.45, 7) is 0. The normalized spacial score (nSPS) is 9.11. The molecule has 0 aliphatic rings. The first kappa shape index (κ1) is 19.7. The molecule has 1 N–H and O–H groups in total. The number of aromatic hydroxyl groups is 1. The van der Waals surface area contributed by atoms with Crippen LogP contribution in [0.1, 0.15) is 0 Å². The first-order valence-electron chi connectivity index (χ1n) is 4.58. The van der Waals surface area contributed by atoms with E-state index in [1.54, 1.807) is 24.3 Å². The van der Waals surface area contributed by atoms with Crippen LogP contribution in [0.25, 0.3) is 0 Å². The standard InChI is InChI=1S/C6Cl5.C6H6O.Na/c7-2-1-3(8)5(10)6(11)4(2)9;7-6-4-2-1-3-5-6;/h;1-5,7H;/q-1;;+1. The Kier molecular flexibility index (Phi) is 9.94. The molecule has 0 aromatic heterocycles. The van der Waals surface area contributed by atoms with Gasteiger partial charge >= 0.3 is 29.6 Å². The topological polar surface area (TPSA) is 20.2 Å². The van der Waals surface area contributed by atoms with E-state index < -0.39 is 0 Å². The molecule has 1 nitrogen and oxygen atoms in total. The number of halogens is 5. The van der Waals surface area contributed by atoms with Crippen LogP contribution in [-0.4, -0.2) is 5.11 Å². The van der Waals surface area contributed by atoms with Gasteiger partial charge in [0.15, 0.2) is 0 Å². The fraction of sp³-hybridized carbons (Fsp3) is 0. The average Bonchev–Trinajstić information content (AvgIpc) is 2.36. The molecule has 0 unspecified atom stereocenters. The van der Waals surface area contributed by atoms with Crippen molar-refractivity contribution in [2.45, 2.75) is 0 Å². The summed E-state index contributed by atoms with van der Waals surface area (Å²) in [4.78, 5) is 0. The zero-order valence-electron chi connectivity index (χ0n) is 9.72. The molecule has 0 radical (unpaired) electrons. The van der Waals surface area contributed by atoms with E-state index in [0.717, 1.165) is 0 Å². The van der Waals surface area contributed by atoms with Gasteiger partial charge in [-0.25, -0.2) is 0 Å². The molecule has 0 fully saturated rings. The minimum atomic E-state index is 0. The van der Waals surface area contributed by atoms with Gasteiger partial charge in [0.05, 0.1) is 0 Å². The number of hydrogen-bond acceptors (Lipinski definition) is 1. The second-order valence-electron chi connectivity index (χ2n) is 3.03. The van der Waals surface area contributed by atoms with E-state index in [1.165, 1.54) is 0 Å². The Hall–Kier alpha value is 0.690. The fourth-order valence-corrected chi connectivity index (χ4v) is 1.97. The van der Waals surface area contributed by atoms with Crippen molar-refractivity contribution in [1.82, 2.24) is 0 Å². The van der Waals surface area contributed by atoms with Gasteiger partial charge in [0.25, 0.3) is 0 Å². The van der Waals surface area contributed by atoms with Gasteiger partial charge in [0.2, 0.25) is 0 Å². The van der Waals surface area contributed by atoms with Crippen molar-refractivity contribution < 1.29 is 34.7 Å². The molecular weight excluding hydrogens is 360 g/mol. The van der Waals surface area contributed by atoms with Crippen molar-refractivity contribution in [3.05, 3.63) is 61.5 Å². The molecule has 7 heteroatoms. The van der Waals surface area contributed by atoms with Crippen molar-refractivity contribution >= 4 is 58.0 Å². The molecule has 0 amide bonds. The SMILES string of the molecule is Clc1[c-]c(Cl)c(Cl)c(Cl)c1Cl.Oc1ccccc1.[Na+]. The molecule has 0 aliphatic carbocycles. The summed E-state index contributed by atoms with van der Waals surface area (Å²) in [5, 5.41) is 9.47. The summed E-state index contributed by atoms with van der Waals surface area (Å²) in [6.07, 6.45) is 0. The van der Waals surface area contributed by atoms with Crippen molar-refractivity contribution in [3.63, 3.8) is 0 Å². The van der Waals surface area contributed by atoms with Crippen molar-refractivity contribution in [2.75, 3.05) is 0 Å². The molecule has 2 aromatic rings. The van der Waals surface area contributed by atoms with Crippen LogP contribution in [0, 0.1) is 6.07 Å². The first-order chi connectivity index (χ1) is 8.43. The zero-order valence-corrected chi connectivity index (χ0v) is 15.5. The third-order valence-electron chi connectivity index (χ3n) is 1.75. The molecule has 19 heavy (non-hydrogen) atoms. The molecule has 0 aliphatic heterocycles. The Morgan fingerprint density at radius 2 is 1.16 bits per heavy atom. The summed E-state index contributed by atoms with van der Waals surface area (Å²) >= 11 is 28.0. The number of para-hydroxylation sites is 1. The van der Waals surface area contributed by atoms with Crippen LogP contribution in [0.5, 0.6) is 5.75 Å². The van der Waals surface area contributed by atoms with Crippen molar-refractivity contribution in [2.24, 2.45) is 0 Å². The Morgan fingerprint density at radius 3 is 1.47 bits per heavy atom. The smallest absolute Gasteiger partial charge is 0.508 e. The largest absolute Gasteiger partial charge is 1.00 e. The number of hydrogen-bond donors (Lipinski definition) is 1. The second-order valence-corrected chi connectivity index (χ2v) is 4.92. The summed E-state index contributed by atoms with van der Waals surface area (Å²) in [5.74, 6) is 0.322. The summed E-state index contributed by atoms with van der Waals surface area (Å²) in [5.41, 5.74) is 0. The van der Waals surface area contributed by atoms with Crippen molar-refractivity contribution in [3.8, 4) is 5.75 Å². The average molecular weight is 366 g/mol. The van der Waals surface area contributed by atoms with Gasteiger partial charge in [-0.3, -0.25) is 0 Å². The van der Waals surface area contributed by atoms with E-state index in [-0.39, 0.29) is 54.7 Å². The van der Waals surface area contributed by atoms with Crippen LogP contribution in [0.2, 0.25) is 25.1 Å². The van der Waals surface area contributed by atoms with Crippen molar-refractivity contribution in [1.29, 1.82) is 0 Å². The Bertz CT molecular complexity index is 507. The fourth-order valence-electron chi connectivity index (χ4n) is 0.923. The molecule has 2 aromatic carbocycles. The van der Waals surface area contributed by atoms with Gasteiger partial charge in [-0.05, 0) is 27.2 Å². The minimum Gasteiger partial charge on any atom is -0.508 e. The Morgan fingerprint density at radius 1 is 0.737 bits per heavy atom. The summed E-state index contributed by atoms with van der Waals surface area (Å²) in [7, 11) is 0. The number of rotatable bonds is 0. The van der Waals surface area contributed by atoms with Gasteiger partial charge in [-0.1, -0.05) is 28.2 Å². The van der Waals surface area contributed by atoms with Gasteiger partial charge in [-0.2, -0.15) is 23.2 Å². The molecular formula is C12H6Cl5NaO. The maximum Gasteiger partial charge on any atom is 1.00 e. The summed E-state index contributed by atoms with van der Waals surface area (Å²) < 4.78 is 0. The van der Waals surface area contributed by atoms with E-state index in [4.69, 9.17) is 63.1 Å². The molecule has 0 saturated heterocycles. The molecule has 0 atom stereocenters. The van der Waals surface area contributed by atoms with Gasteiger partial charge in [0.1, 0.15) is 5.75 Å². The number of phenolic OH excluding ortho intramolecular Hbond substituents is 1. The quantitative estimate of drug-likeness (QED) is 0.329. The summed E-state index contributed by atoms with van der Waals surface area (Å²) in [6, 6.07) is 11.2. The second kappa shape index (κ2) is 9.59. The molecule has 96 valence electrons. The van der Waals surface area contributed by atoms with Crippen LogP contribution in [0.4, 0.5) is 0 Å². The Balaban J connectivity index is 0.000000352. The number of benzene rings is 2. The van der Waals surface area contributed by atoms with E-state index in [0.29, 0.717) is 5.75 Å². The third-order valence-corrected chi connectivity index (χ3v) is 3.83. The molecule has 0 spiro atoms. The van der Waals surface area contributed by atoms with Gasteiger partial charge in [-0.15, -0.1) is 40.9 Å². The third kappa shape index (κ3) is 6.33. The van der Waals surface area contributed by atoms with E-state index in [9.17, 15) is 0 Å². The molecule has 0 saturated carbocycles. The minimum absolute atomic E-state index is 0. The predicted octanol–water partition coefficient (Wildman–Crippen LogP) is 3.15. The first-order valence-corrected chi connectivity index (χ1v) is 6.47. The molecule has 0 bridgehead atoms. The zero-order chi connectivity index (χ0) is 13.7. The van der Waals surface area contributed by atoms with Crippen LogP contribution < -0.4 is 29.6 Å². The maximum absolute atomic E-state index is 8.63. The van der Waals surface area contributed by atoms with Crippen LogP contribution in [0.3, 0.4) is 0 Å². The van der Waals surface area contributed by atoms with Gasteiger partial charge < -0.3 is 5.11 Å². The Labute approximate surface area is 158 Å². The van der Waals surface area contributed by atoms with Crippen LogP contribution >= 0.6 is 58.0 Å². The molecule has 2 rings (SSSR count). The van der Waals surface area contributed by atoms with E-state index in [2.05, 4.69) is 6.07 Å². The van der Waals surface area contributed by atoms with E-state index >= 15 is 0 Å². The van der Waals surface area contributed by atoms with E-state index in [1.807, 2.05) is 6.07 Å². The monoisotopic (exact) mass is 364 g/mol.